The van der Waals surface area contributed by atoms with Gasteiger partial charge in [0.15, 0.2) is 5.82 Å². The number of hydrogen-bond donors (Lipinski definition) is 1. The van der Waals surface area contributed by atoms with Gasteiger partial charge in [0.05, 0.1) is 0 Å². The third-order valence-electron chi connectivity index (χ3n) is 1.81. The Morgan fingerprint density at radius 3 is 3.00 bits per heavy atom. The molecule has 0 bridgehead atoms. The number of imidazole rings is 1. The number of aromatic nitrogens is 2. The van der Waals surface area contributed by atoms with Gasteiger partial charge in [0.2, 0.25) is 0 Å². The highest BCUT2D eigenvalue weighted by Crippen LogP contribution is 2.12. The Balaban J connectivity index is 2.88. The fraction of sp³-hybridized carbons (Fsp3) is 0.571. The predicted molar refractivity (Wildman–Crippen MR) is 47.5 cm³/mol. The van der Waals surface area contributed by atoms with Crippen LogP contribution in [0.15, 0.2) is 6.20 Å². The molecule has 0 unspecified atom stereocenters. The molecule has 0 aliphatic rings. The number of rotatable bonds is 4. The molecule has 0 aliphatic carbocycles. The first kappa shape index (κ1) is 9.66. The molecule has 1 N–H and O–H groups in total. The monoisotopic (exact) mass is 184 g/mol. The quantitative estimate of drug-likeness (QED) is 0.540. The Kier molecular flexibility index (Phi) is 2.97. The summed E-state index contributed by atoms with van der Waals surface area (Å²) in [6, 6.07) is 0. The van der Waals surface area contributed by atoms with Crippen LogP contribution in [0.25, 0.3) is 0 Å². The highest BCUT2D eigenvalue weighted by molar-refractivity contribution is 5.18. The maximum Gasteiger partial charge on any atom is 0.342 e. The smallest absolute Gasteiger partial charge is 0.342 e. The second-order valence-corrected chi connectivity index (χ2v) is 2.68. The fourth-order valence-corrected chi connectivity index (χ4v) is 1.10. The third kappa shape index (κ3) is 2.03. The second kappa shape index (κ2) is 3.99. The summed E-state index contributed by atoms with van der Waals surface area (Å²) in [6.45, 7) is 3.01. The summed E-state index contributed by atoms with van der Waals surface area (Å²) in [5.41, 5.74) is 0. The van der Waals surface area contributed by atoms with Gasteiger partial charge in [-0.3, -0.25) is 0 Å². The van der Waals surface area contributed by atoms with E-state index in [2.05, 4.69) is 10.3 Å². The van der Waals surface area contributed by atoms with E-state index in [0.717, 1.165) is 0 Å². The van der Waals surface area contributed by atoms with Crippen LogP contribution in [0.3, 0.4) is 0 Å². The zero-order chi connectivity index (χ0) is 9.84. The molecule has 1 rings (SSSR count). The Hall–Kier alpha value is -1.43. The van der Waals surface area contributed by atoms with Gasteiger partial charge in [-0.15, -0.1) is 0 Å². The lowest BCUT2D eigenvalue weighted by atomic mass is 10.5. The molecule has 72 valence electrons. The van der Waals surface area contributed by atoms with Crippen LogP contribution in [0.5, 0.6) is 0 Å². The SMILES string of the molecule is CNCCn1c([N+](=O)[O-])cnc1C. The Morgan fingerprint density at radius 1 is 1.77 bits per heavy atom. The van der Waals surface area contributed by atoms with E-state index in [1.807, 2.05) is 0 Å². The maximum atomic E-state index is 10.5. The van der Waals surface area contributed by atoms with Crippen LogP contribution in [-0.2, 0) is 6.54 Å². The fourth-order valence-electron chi connectivity index (χ4n) is 1.10. The number of nitrogens with zero attached hydrogens (tertiary/aromatic N) is 3. The number of hydrogen-bond acceptors (Lipinski definition) is 4. The zero-order valence-corrected chi connectivity index (χ0v) is 7.65. The number of likely N-dealkylation sites (N-methyl/N-ethyl adjacent to an activating group) is 1. The van der Waals surface area contributed by atoms with Gasteiger partial charge in [0, 0.05) is 13.5 Å². The molecule has 0 atom stereocenters. The molecule has 1 aromatic rings. The molecule has 13 heavy (non-hydrogen) atoms. The number of nitrogens with one attached hydrogen (secondary N) is 1. The van der Waals surface area contributed by atoms with Gasteiger partial charge in [-0.1, -0.05) is 0 Å². The molecule has 0 spiro atoms. The lowest BCUT2D eigenvalue weighted by Gasteiger charge is -2.01. The van der Waals surface area contributed by atoms with Gasteiger partial charge >= 0.3 is 5.82 Å². The molecular formula is C7H12N4O2. The molecule has 0 aliphatic heterocycles. The number of aryl methyl sites for hydroxylation is 1. The van der Waals surface area contributed by atoms with Gasteiger partial charge in [0.25, 0.3) is 0 Å². The molecule has 0 aromatic carbocycles. The molecule has 1 heterocycles. The molecule has 0 fully saturated rings. The van der Waals surface area contributed by atoms with Crippen LogP contribution in [0.2, 0.25) is 0 Å². The Morgan fingerprint density at radius 2 is 2.46 bits per heavy atom. The summed E-state index contributed by atoms with van der Waals surface area (Å²) in [4.78, 5) is 14.0. The molecule has 6 heteroatoms. The molecule has 0 saturated carbocycles. The molecule has 6 nitrogen and oxygen atoms in total. The van der Waals surface area contributed by atoms with E-state index >= 15 is 0 Å². The van der Waals surface area contributed by atoms with Crippen molar-refractivity contribution in [1.82, 2.24) is 14.9 Å². The first-order chi connectivity index (χ1) is 6.16. The molecule has 0 amide bonds. The first-order valence-corrected chi connectivity index (χ1v) is 3.98. The van der Waals surface area contributed by atoms with Crippen molar-refractivity contribution in [2.45, 2.75) is 13.5 Å². The third-order valence-corrected chi connectivity index (χ3v) is 1.81. The van der Waals surface area contributed by atoms with Crippen molar-refractivity contribution in [2.75, 3.05) is 13.6 Å². The summed E-state index contributed by atoms with van der Waals surface area (Å²) < 4.78 is 1.58. The van der Waals surface area contributed by atoms with Crippen LogP contribution in [0.4, 0.5) is 5.82 Å². The predicted octanol–water partition coefficient (Wildman–Crippen LogP) is 0.319. The van der Waals surface area contributed by atoms with Gasteiger partial charge in [-0.25, -0.2) is 9.55 Å². The first-order valence-electron chi connectivity index (χ1n) is 3.98. The minimum atomic E-state index is -0.421. The van der Waals surface area contributed by atoms with Crippen molar-refractivity contribution in [1.29, 1.82) is 0 Å². The molecule has 0 saturated heterocycles. The van der Waals surface area contributed by atoms with Gasteiger partial charge in [-0.05, 0) is 12.0 Å². The van der Waals surface area contributed by atoms with Gasteiger partial charge in [-0.2, -0.15) is 0 Å². The average molecular weight is 184 g/mol. The molecular weight excluding hydrogens is 172 g/mol. The van der Waals surface area contributed by atoms with Crippen LogP contribution in [-0.4, -0.2) is 28.1 Å². The number of nitro groups is 1. The highest BCUT2D eigenvalue weighted by atomic mass is 16.6. The van der Waals surface area contributed by atoms with E-state index in [1.54, 1.807) is 18.5 Å². The van der Waals surface area contributed by atoms with E-state index < -0.39 is 4.92 Å². The Labute approximate surface area is 75.7 Å². The van der Waals surface area contributed by atoms with Gasteiger partial charge < -0.3 is 15.4 Å². The van der Waals surface area contributed by atoms with Crippen LogP contribution in [0.1, 0.15) is 5.82 Å². The summed E-state index contributed by atoms with van der Waals surface area (Å²) in [6.07, 6.45) is 1.28. The van der Waals surface area contributed by atoms with Crippen molar-refractivity contribution >= 4 is 5.82 Å². The normalized spacial score (nSPS) is 10.3. The van der Waals surface area contributed by atoms with Crippen LogP contribution >= 0.6 is 0 Å². The second-order valence-electron chi connectivity index (χ2n) is 2.68. The van der Waals surface area contributed by atoms with Crippen molar-refractivity contribution in [3.8, 4) is 0 Å². The Bertz CT molecular complexity index is 307. The van der Waals surface area contributed by atoms with Crippen molar-refractivity contribution < 1.29 is 4.92 Å². The average Bonchev–Trinajstić information content (AvgIpc) is 2.43. The lowest BCUT2D eigenvalue weighted by Crippen LogP contribution is -2.16. The van der Waals surface area contributed by atoms with Gasteiger partial charge in [0.1, 0.15) is 12.7 Å². The van der Waals surface area contributed by atoms with E-state index in [4.69, 9.17) is 0 Å². The molecule has 0 radical (unpaired) electrons. The van der Waals surface area contributed by atoms with E-state index in [9.17, 15) is 10.1 Å². The van der Waals surface area contributed by atoms with Crippen molar-refractivity contribution in [2.24, 2.45) is 0 Å². The molecule has 1 aromatic heterocycles. The summed E-state index contributed by atoms with van der Waals surface area (Å²) in [5, 5.41) is 13.5. The largest absolute Gasteiger partial charge is 0.358 e. The van der Waals surface area contributed by atoms with Crippen molar-refractivity contribution in [3.63, 3.8) is 0 Å². The van der Waals surface area contributed by atoms with E-state index in [0.29, 0.717) is 18.9 Å². The van der Waals surface area contributed by atoms with Crippen molar-refractivity contribution in [3.05, 3.63) is 22.1 Å². The van der Waals surface area contributed by atoms with E-state index in [-0.39, 0.29) is 5.82 Å². The van der Waals surface area contributed by atoms with E-state index in [1.165, 1.54) is 6.20 Å². The summed E-state index contributed by atoms with van der Waals surface area (Å²) in [7, 11) is 1.80. The topological polar surface area (TPSA) is 73.0 Å². The minimum absolute atomic E-state index is 0.0488. The zero-order valence-electron chi connectivity index (χ0n) is 7.65. The van der Waals surface area contributed by atoms with Crippen LogP contribution in [0, 0.1) is 17.0 Å². The summed E-state index contributed by atoms with van der Waals surface area (Å²) in [5.74, 6) is 0.717. The standard InChI is InChI=1S/C7H12N4O2/c1-6-9-5-7(11(12)13)10(6)4-3-8-2/h5,8H,3-4H2,1-2H3. The highest BCUT2D eigenvalue weighted by Gasteiger charge is 2.15. The maximum absolute atomic E-state index is 10.5. The summed E-state index contributed by atoms with van der Waals surface area (Å²) >= 11 is 0. The van der Waals surface area contributed by atoms with Crippen LogP contribution < -0.4 is 5.32 Å². The lowest BCUT2D eigenvalue weighted by molar-refractivity contribution is -0.392. The minimum Gasteiger partial charge on any atom is -0.358 e.